The topological polar surface area (TPSA) is 123 Å². The number of ether oxygens (including phenoxy) is 2. The van der Waals surface area contributed by atoms with Crippen LogP contribution in [-0.2, 0) is 23.9 Å². The summed E-state index contributed by atoms with van der Waals surface area (Å²) in [6.45, 7) is 1.63. The third-order valence-electron chi connectivity index (χ3n) is 5.69. The van der Waals surface area contributed by atoms with Gasteiger partial charge in [-0.1, -0.05) is 36.4 Å². The second-order valence-electron chi connectivity index (χ2n) is 6.90. The number of nitriles is 1. The van der Waals surface area contributed by atoms with E-state index in [9.17, 15) is 19.6 Å². The average molecular weight is 395 g/mol. The Balaban J connectivity index is 2.33. The highest BCUT2D eigenvalue weighted by Gasteiger charge is 2.66. The molecule has 1 aromatic rings. The second kappa shape index (κ2) is 7.43. The van der Waals surface area contributed by atoms with Gasteiger partial charge in [0.25, 0.3) is 0 Å². The number of carbonyl (C=O) groups is 3. The minimum Gasteiger partial charge on any atom is -0.467 e. The van der Waals surface area contributed by atoms with Crippen LogP contribution in [-0.4, -0.2) is 49.0 Å². The zero-order chi connectivity index (χ0) is 21.3. The van der Waals surface area contributed by atoms with Crippen LogP contribution in [0, 0.1) is 16.7 Å². The smallest absolute Gasteiger partial charge is 0.339 e. The van der Waals surface area contributed by atoms with Gasteiger partial charge in [-0.2, -0.15) is 5.26 Å². The van der Waals surface area contributed by atoms with Gasteiger partial charge in [-0.25, -0.2) is 9.59 Å². The van der Waals surface area contributed by atoms with Gasteiger partial charge in [-0.05, 0) is 18.6 Å². The largest absolute Gasteiger partial charge is 0.467 e. The number of amides is 1. The van der Waals surface area contributed by atoms with Gasteiger partial charge in [-0.3, -0.25) is 4.79 Å². The summed E-state index contributed by atoms with van der Waals surface area (Å²) in [5, 5.41) is 10.2. The lowest BCUT2D eigenvalue weighted by Gasteiger charge is -2.35. The number of primary amides is 1. The van der Waals surface area contributed by atoms with E-state index in [1.165, 1.54) is 20.3 Å². The molecule has 0 aliphatic carbocycles. The first-order valence-electron chi connectivity index (χ1n) is 8.94. The molecule has 1 amide bonds. The van der Waals surface area contributed by atoms with Crippen LogP contribution in [0.3, 0.4) is 0 Å². The first kappa shape index (κ1) is 20.1. The van der Waals surface area contributed by atoms with E-state index in [0.29, 0.717) is 11.3 Å². The standard InChI is InChI=1S/C21H21N3O5/c1-12-14(18(25)28-2)9-10-15-21(11-22,20(23)27)16(13-7-5-4-6-8-13)17(24(12)15)19(26)29-3/h4-10,15-17H,1-3H3,(H2,23,27). The normalized spacial score (nSPS) is 27.8. The van der Waals surface area contributed by atoms with Crippen LogP contribution >= 0.6 is 0 Å². The molecule has 4 atom stereocenters. The quantitative estimate of drug-likeness (QED) is 0.755. The van der Waals surface area contributed by atoms with E-state index in [0.717, 1.165) is 0 Å². The number of methoxy groups -OCH3 is 2. The highest BCUT2D eigenvalue weighted by Crippen LogP contribution is 2.54. The van der Waals surface area contributed by atoms with Gasteiger partial charge in [0.2, 0.25) is 5.91 Å². The van der Waals surface area contributed by atoms with Crippen molar-refractivity contribution in [1.82, 2.24) is 4.90 Å². The molecule has 2 aliphatic rings. The van der Waals surface area contributed by atoms with Crippen LogP contribution in [0.15, 0.2) is 53.8 Å². The minimum absolute atomic E-state index is 0.225. The van der Waals surface area contributed by atoms with Crippen molar-refractivity contribution >= 4 is 17.8 Å². The predicted molar refractivity (Wildman–Crippen MR) is 102 cm³/mol. The Bertz CT molecular complexity index is 962. The number of allylic oxidation sites excluding steroid dienone is 1. The van der Waals surface area contributed by atoms with Crippen LogP contribution in [0.4, 0.5) is 0 Å². The van der Waals surface area contributed by atoms with E-state index >= 15 is 0 Å². The summed E-state index contributed by atoms with van der Waals surface area (Å²) >= 11 is 0. The lowest BCUT2D eigenvalue weighted by molar-refractivity contribution is -0.146. The molecule has 8 nitrogen and oxygen atoms in total. The fraction of sp³-hybridized carbons (Fsp3) is 0.333. The van der Waals surface area contributed by atoms with Gasteiger partial charge in [0.1, 0.15) is 6.04 Å². The van der Waals surface area contributed by atoms with Crippen molar-refractivity contribution in [2.45, 2.75) is 24.9 Å². The maximum absolute atomic E-state index is 12.9. The molecule has 1 aromatic carbocycles. The molecule has 0 saturated carbocycles. The lowest BCUT2D eigenvalue weighted by atomic mass is 9.68. The maximum atomic E-state index is 12.9. The summed E-state index contributed by atoms with van der Waals surface area (Å²) in [4.78, 5) is 39.4. The molecular formula is C21H21N3O5. The van der Waals surface area contributed by atoms with Crippen molar-refractivity contribution in [3.05, 3.63) is 59.3 Å². The van der Waals surface area contributed by atoms with Gasteiger partial charge in [0.05, 0.1) is 31.9 Å². The van der Waals surface area contributed by atoms with Crippen molar-refractivity contribution < 1.29 is 23.9 Å². The molecular weight excluding hydrogens is 374 g/mol. The van der Waals surface area contributed by atoms with E-state index in [1.807, 2.05) is 0 Å². The first-order chi connectivity index (χ1) is 13.8. The number of benzene rings is 1. The fourth-order valence-corrected chi connectivity index (χ4v) is 4.39. The third-order valence-corrected chi connectivity index (χ3v) is 5.69. The summed E-state index contributed by atoms with van der Waals surface area (Å²) in [6.07, 6.45) is 3.05. The summed E-state index contributed by atoms with van der Waals surface area (Å²) in [7, 11) is 2.48. The molecule has 2 N–H and O–H groups in total. The molecule has 3 rings (SSSR count). The van der Waals surface area contributed by atoms with Gasteiger partial charge < -0.3 is 20.1 Å². The zero-order valence-corrected chi connectivity index (χ0v) is 16.3. The minimum atomic E-state index is -1.75. The molecule has 150 valence electrons. The number of fused-ring (bicyclic) bond motifs is 1. The SMILES string of the molecule is COC(=O)C1=C(C)N2C(C(=O)OC)C(c3ccccc3)C(C#N)(C(N)=O)C2C=C1. The molecule has 0 spiro atoms. The predicted octanol–water partition coefficient (Wildman–Crippen LogP) is 1.01. The summed E-state index contributed by atoms with van der Waals surface area (Å²) in [5.74, 6) is -2.99. The molecule has 8 heteroatoms. The van der Waals surface area contributed by atoms with Gasteiger partial charge in [-0.15, -0.1) is 0 Å². The zero-order valence-electron chi connectivity index (χ0n) is 16.3. The van der Waals surface area contributed by atoms with E-state index < -0.39 is 41.3 Å². The molecule has 0 bridgehead atoms. The Morgan fingerprint density at radius 2 is 1.83 bits per heavy atom. The lowest BCUT2D eigenvalue weighted by Crippen LogP contribution is -2.48. The van der Waals surface area contributed by atoms with Crippen LogP contribution in [0.1, 0.15) is 18.4 Å². The van der Waals surface area contributed by atoms with Crippen molar-refractivity contribution in [3.63, 3.8) is 0 Å². The van der Waals surface area contributed by atoms with Crippen LogP contribution < -0.4 is 5.73 Å². The summed E-state index contributed by atoms with van der Waals surface area (Å²) in [5.41, 5.74) is 5.24. The molecule has 0 radical (unpaired) electrons. The Labute approximate surface area is 168 Å². The van der Waals surface area contributed by atoms with E-state index in [-0.39, 0.29) is 5.57 Å². The monoisotopic (exact) mass is 395 g/mol. The Hall–Kier alpha value is -3.60. The molecule has 2 aliphatic heterocycles. The Morgan fingerprint density at radius 1 is 1.17 bits per heavy atom. The number of hydrogen-bond donors (Lipinski definition) is 1. The summed E-state index contributed by atoms with van der Waals surface area (Å²) in [6, 6.07) is 8.97. The number of carbonyl (C=O) groups excluding carboxylic acids is 3. The molecule has 1 saturated heterocycles. The maximum Gasteiger partial charge on any atom is 0.339 e. The van der Waals surface area contributed by atoms with Crippen LogP contribution in [0.2, 0.25) is 0 Å². The summed E-state index contributed by atoms with van der Waals surface area (Å²) < 4.78 is 9.84. The van der Waals surface area contributed by atoms with Crippen molar-refractivity contribution in [2.75, 3.05) is 14.2 Å². The van der Waals surface area contributed by atoms with E-state index in [2.05, 4.69) is 6.07 Å². The highest BCUT2D eigenvalue weighted by atomic mass is 16.5. The number of nitrogens with two attached hydrogens (primary N) is 1. The molecule has 0 aromatic heterocycles. The molecule has 2 heterocycles. The van der Waals surface area contributed by atoms with Crippen molar-refractivity contribution in [1.29, 1.82) is 5.26 Å². The third kappa shape index (κ3) is 2.78. The highest BCUT2D eigenvalue weighted by molar-refractivity contribution is 5.95. The number of esters is 2. The number of nitrogens with zero attached hydrogens (tertiary/aromatic N) is 2. The first-order valence-corrected chi connectivity index (χ1v) is 8.94. The molecule has 4 unspecified atom stereocenters. The molecule has 29 heavy (non-hydrogen) atoms. The second-order valence-corrected chi connectivity index (χ2v) is 6.90. The Morgan fingerprint density at radius 3 is 2.34 bits per heavy atom. The average Bonchev–Trinajstić information content (AvgIpc) is 3.05. The van der Waals surface area contributed by atoms with Crippen molar-refractivity contribution in [3.8, 4) is 6.07 Å². The fourth-order valence-electron chi connectivity index (χ4n) is 4.39. The van der Waals surface area contributed by atoms with Crippen LogP contribution in [0.5, 0.6) is 0 Å². The van der Waals surface area contributed by atoms with E-state index in [4.69, 9.17) is 15.2 Å². The van der Waals surface area contributed by atoms with Gasteiger partial charge in [0.15, 0.2) is 5.41 Å². The van der Waals surface area contributed by atoms with Gasteiger partial charge >= 0.3 is 11.9 Å². The van der Waals surface area contributed by atoms with Gasteiger partial charge in [0, 0.05) is 11.6 Å². The van der Waals surface area contributed by atoms with Crippen molar-refractivity contribution in [2.24, 2.45) is 11.1 Å². The molecule has 1 fully saturated rings. The van der Waals surface area contributed by atoms with E-state index in [1.54, 1.807) is 48.2 Å². The number of hydrogen-bond acceptors (Lipinski definition) is 7. The Kier molecular flexibility index (Phi) is 5.16. The number of rotatable bonds is 4. The van der Waals surface area contributed by atoms with Crippen LogP contribution in [0.25, 0.3) is 0 Å².